The predicted molar refractivity (Wildman–Crippen MR) is 64.3 cm³/mol. The summed E-state index contributed by atoms with van der Waals surface area (Å²) in [7, 11) is 1.82. The van der Waals surface area contributed by atoms with Crippen molar-refractivity contribution in [1.29, 1.82) is 0 Å². The van der Waals surface area contributed by atoms with Crippen molar-refractivity contribution < 1.29 is 0 Å². The van der Waals surface area contributed by atoms with Crippen LogP contribution in [0.25, 0.3) is 0 Å². The summed E-state index contributed by atoms with van der Waals surface area (Å²) in [5, 5.41) is 6.36. The van der Waals surface area contributed by atoms with E-state index in [2.05, 4.69) is 41.4 Å². The molecule has 0 aromatic carbocycles. The number of aryl methyl sites for hydroxylation is 1. The van der Waals surface area contributed by atoms with Gasteiger partial charge in [0.25, 0.3) is 0 Å². The van der Waals surface area contributed by atoms with Gasteiger partial charge in [-0.1, -0.05) is 6.92 Å². The number of rotatable bonds is 4. The number of anilines is 2. The number of nitrogens with zero attached hydrogens (tertiary/aromatic N) is 2. The van der Waals surface area contributed by atoms with Gasteiger partial charge in [0.2, 0.25) is 5.95 Å². The Balaban J connectivity index is 2.93. The molecule has 0 atom stereocenters. The van der Waals surface area contributed by atoms with Crippen molar-refractivity contribution in [3.8, 4) is 0 Å². The van der Waals surface area contributed by atoms with E-state index < -0.39 is 0 Å². The van der Waals surface area contributed by atoms with Crippen LogP contribution in [0.1, 0.15) is 32.8 Å². The van der Waals surface area contributed by atoms with Crippen molar-refractivity contribution in [2.45, 2.75) is 39.7 Å². The Morgan fingerprint density at radius 1 is 1.40 bits per heavy atom. The molecule has 0 aliphatic heterocycles. The zero-order valence-corrected chi connectivity index (χ0v) is 10.2. The van der Waals surface area contributed by atoms with Crippen molar-refractivity contribution in [1.82, 2.24) is 9.97 Å². The zero-order valence-electron chi connectivity index (χ0n) is 10.2. The number of nitrogens with one attached hydrogen (secondary N) is 2. The summed E-state index contributed by atoms with van der Waals surface area (Å²) >= 11 is 0. The Kier molecular flexibility index (Phi) is 3.50. The minimum absolute atomic E-state index is 0.0596. The lowest BCUT2D eigenvalue weighted by molar-refractivity contribution is 0.544. The lowest BCUT2D eigenvalue weighted by atomic mass is 10.0. The van der Waals surface area contributed by atoms with Crippen LogP contribution in [-0.4, -0.2) is 22.6 Å². The average Bonchev–Trinajstić information content (AvgIpc) is 2.21. The van der Waals surface area contributed by atoms with E-state index in [1.165, 1.54) is 0 Å². The molecule has 0 bridgehead atoms. The molecule has 1 rings (SSSR count). The Morgan fingerprint density at radius 2 is 2.07 bits per heavy atom. The van der Waals surface area contributed by atoms with E-state index in [9.17, 15) is 0 Å². The van der Waals surface area contributed by atoms with E-state index in [4.69, 9.17) is 0 Å². The molecule has 0 aliphatic carbocycles. The molecule has 0 aliphatic rings. The highest BCUT2D eigenvalue weighted by Crippen LogP contribution is 2.19. The van der Waals surface area contributed by atoms with Gasteiger partial charge < -0.3 is 10.6 Å². The monoisotopic (exact) mass is 208 g/mol. The summed E-state index contributed by atoms with van der Waals surface area (Å²) in [5.74, 6) is 1.55. The van der Waals surface area contributed by atoms with Gasteiger partial charge >= 0.3 is 0 Å². The summed E-state index contributed by atoms with van der Waals surface area (Å²) in [6.45, 7) is 8.48. The van der Waals surface area contributed by atoms with Gasteiger partial charge in [-0.2, -0.15) is 4.98 Å². The van der Waals surface area contributed by atoms with Crippen LogP contribution in [0.5, 0.6) is 0 Å². The topological polar surface area (TPSA) is 49.8 Å². The van der Waals surface area contributed by atoms with Crippen LogP contribution in [0.3, 0.4) is 0 Å². The van der Waals surface area contributed by atoms with Crippen molar-refractivity contribution in [3.63, 3.8) is 0 Å². The minimum atomic E-state index is 0.0596. The molecular formula is C11H20N4. The fraction of sp³-hybridized carbons (Fsp3) is 0.636. The minimum Gasteiger partial charge on any atom is -0.365 e. The molecule has 0 saturated carbocycles. The molecule has 0 spiro atoms. The quantitative estimate of drug-likeness (QED) is 0.798. The van der Waals surface area contributed by atoms with Crippen LogP contribution in [0.4, 0.5) is 11.8 Å². The van der Waals surface area contributed by atoms with Crippen LogP contribution in [-0.2, 0) is 0 Å². The third-order valence-corrected chi connectivity index (χ3v) is 2.54. The smallest absolute Gasteiger partial charge is 0.224 e. The molecule has 15 heavy (non-hydrogen) atoms. The van der Waals surface area contributed by atoms with Crippen LogP contribution >= 0.6 is 0 Å². The van der Waals surface area contributed by atoms with Gasteiger partial charge in [-0.25, -0.2) is 4.98 Å². The Hall–Kier alpha value is -1.32. The predicted octanol–water partition coefficient (Wildman–Crippen LogP) is 2.43. The second kappa shape index (κ2) is 4.47. The maximum atomic E-state index is 4.39. The first-order chi connectivity index (χ1) is 6.98. The lowest BCUT2D eigenvalue weighted by Crippen LogP contribution is -2.30. The molecule has 0 unspecified atom stereocenters. The van der Waals surface area contributed by atoms with Crippen LogP contribution in [0, 0.1) is 6.92 Å². The van der Waals surface area contributed by atoms with E-state index in [0.29, 0.717) is 5.95 Å². The fourth-order valence-corrected chi connectivity index (χ4v) is 1.10. The normalized spacial score (nSPS) is 11.3. The molecule has 0 radical (unpaired) electrons. The number of hydrogen-bond donors (Lipinski definition) is 2. The van der Waals surface area contributed by atoms with Crippen LogP contribution in [0.15, 0.2) is 6.20 Å². The van der Waals surface area contributed by atoms with Gasteiger partial charge in [0.15, 0.2) is 0 Å². The molecule has 2 N–H and O–H groups in total. The van der Waals surface area contributed by atoms with Gasteiger partial charge in [0.05, 0.1) is 0 Å². The van der Waals surface area contributed by atoms with Gasteiger partial charge in [0.1, 0.15) is 5.82 Å². The first kappa shape index (κ1) is 11.8. The third kappa shape index (κ3) is 3.08. The van der Waals surface area contributed by atoms with Gasteiger partial charge in [-0.3, -0.25) is 0 Å². The van der Waals surface area contributed by atoms with Gasteiger partial charge in [-0.05, 0) is 27.2 Å². The molecule has 0 fully saturated rings. The highest BCUT2D eigenvalue weighted by molar-refractivity contribution is 5.47. The second-order valence-electron chi connectivity index (χ2n) is 4.34. The molecule has 4 nitrogen and oxygen atoms in total. The molecule has 0 amide bonds. The molecule has 84 valence electrons. The number of hydrogen-bond acceptors (Lipinski definition) is 4. The fourth-order valence-electron chi connectivity index (χ4n) is 1.10. The molecule has 1 heterocycles. The SMILES string of the molecule is CCC(C)(C)Nc1nc(NC)ncc1C. The molecule has 0 saturated heterocycles. The molecule has 4 heteroatoms. The van der Waals surface area contributed by atoms with Crippen molar-refractivity contribution in [2.75, 3.05) is 17.7 Å². The summed E-state index contributed by atoms with van der Waals surface area (Å²) in [6, 6.07) is 0. The van der Waals surface area contributed by atoms with E-state index in [1.807, 2.05) is 20.2 Å². The van der Waals surface area contributed by atoms with Crippen molar-refractivity contribution >= 4 is 11.8 Å². The van der Waals surface area contributed by atoms with Crippen molar-refractivity contribution in [3.05, 3.63) is 11.8 Å². The Labute approximate surface area is 91.5 Å². The Bertz CT molecular complexity index is 333. The zero-order chi connectivity index (χ0) is 11.5. The van der Waals surface area contributed by atoms with E-state index in [1.54, 1.807) is 0 Å². The summed E-state index contributed by atoms with van der Waals surface area (Å²) in [4.78, 5) is 8.54. The Morgan fingerprint density at radius 3 is 2.60 bits per heavy atom. The average molecular weight is 208 g/mol. The maximum Gasteiger partial charge on any atom is 0.224 e. The van der Waals surface area contributed by atoms with Gasteiger partial charge in [0, 0.05) is 24.3 Å². The summed E-state index contributed by atoms with van der Waals surface area (Å²) in [5.41, 5.74) is 1.12. The highest BCUT2D eigenvalue weighted by atomic mass is 15.1. The molecule has 1 aromatic heterocycles. The van der Waals surface area contributed by atoms with Crippen LogP contribution < -0.4 is 10.6 Å². The van der Waals surface area contributed by atoms with E-state index in [0.717, 1.165) is 17.8 Å². The molecule has 1 aromatic rings. The van der Waals surface area contributed by atoms with Gasteiger partial charge in [-0.15, -0.1) is 0 Å². The standard InChI is InChI=1S/C11H20N4/c1-6-11(3,4)15-9-8(2)7-13-10(12-5)14-9/h7H,6H2,1-5H3,(H2,12,13,14,15). The van der Waals surface area contributed by atoms with E-state index >= 15 is 0 Å². The number of aromatic nitrogens is 2. The third-order valence-electron chi connectivity index (χ3n) is 2.54. The first-order valence-corrected chi connectivity index (χ1v) is 5.28. The van der Waals surface area contributed by atoms with Crippen molar-refractivity contribution in [2.24, 2.45) is 0 Å². The summed E-state index contributed by atoms with van der Waals surface area (Å²) < 4.78 is 0. The lowest BCUT2D eigenvalue weighted by Gasteiger charge is -2.26. The second-order valence-corrected chi connectivity index (χ2v) is 4.34. The molecular weight excluding hydrogens is 188 g/mol. The maximum absolute atomic E-state index is 4.39. The summed E-state index contributed by atoms with van der Waals surface area (Å²) in [6.07, 6.45) is 2.87. The van der Waals surface area contributed by atoms with Crippen LogP contribution in [0.2, 0.25) is 0 Å². The van der Waals surface area contributed by atoms with E-state index in [-0.39, 0.29) is 5.54 Å². The first-order valence-electron chi connectivity index (χ1n) is 5.28. The highest BCUT2D eigenvalue weighted by Gasteiger charge is 2.16. The largest absolute Gasteiger partial charge is 0.365 e.